The van der Waals surface area contributed by atoms with Crippen molar-refractivity contribution in [2.75, 3.05) is 17.7 Å². The SMILES string of the molecule is COc1cc2c(cc1O)C(Nc1nc(NCc3ccccc3Sc3ccccc3CO)nc3ccccc13)CC2=O. The van der Waals surface area contributed by atoms with Gasteiger partial charge in [-0.2, -0.15) is 4.98 Å². The lowest BCUT2D eigenvalue weighted by Crippen LogP contribution is -2.12. The van der Waals surface area contributed by atoms with Crippen LogP contribution in [0.4, 0.5) is 11.8 Å². The number of ketones is 1. The fraction of sp³-hybridized carbons (Fsp3) is 0.156. The van der Waals surface area contributed by atoms with E-state index < -0.39 is 0 Å². The number of methoxy groups -OCH3 is 1. The molecule has 0 amide bonds. The molecule has 0 saturated heterocycles. The summed E-state index contributed by atoms with van der Waals surface area (Å²) < 4.78 is 5.20. The number of nitrogens with one attached hydrogen (secondary N) is 2. The zero-order valence-electron chi connectivity index (χ0n) is 22.3. The van der Waals surface area contributed by atoms with E-state index >= 15 is 0 Å². The standard InChI is InChI=1S/C32H28N4O4S/c1-40-28-15-23-22(14-27(28)39)25(16-26(23)38)34-31-21-10-4-5-11-24(21)35-32(36-31)33-17-19-8-2-6-12-29(19)41-30-13-7-3-9-20(30)18-37/h2-15,25,37,39H,16-18H2,1H3,(H2,33,34,35,36). The zero-order chi connectivity index (χ0) is 28.3. The number of fused-ring (bicyclic) bond motifs is 2. The van der Waals surface area contributed by atoms with Gasteiger partial charge in [0.2, 0.25) is 5.95 Å². The Labute approximate surface area is 241 Å². The Morgan fingerprint density at radius 3 is 2.44 bits per heavy atom. The maximum absolute atomic E-state index is 12.8. The van der Waals surface area contributed by atoms with E-state index in [2.05, 4.69) is 22.8 Å². The molecule has 1 unspecified atom stereocenters. The number of nitrogens with zero attached hydrogens (tertiary/aromatic N) is 2. The van der Waals surface area contributed by atoms with Crippen LogP contribution < -0.4 is 15.4 Å². The van der Waals surface area contributed by atoms with Crippen LogP contribution in [-0.2, 0) is 13.2 Å². The maximum Gasteiger partial charge on any atom is 0.225 e. The van der Waals surface area contributed by atoms with Crippen LogP contribution >= 0.6 is 11.8 Å². The second kappa shape index (κ2) is 11.5. The molecule has 4 N–H and O–H groups in total. The van der Waals surface area contributed by atoms with Crippen LogP contribution in [0.2, 0.25) is 0 Å². The van der Waals surface area contributed by atoms with Crippen molar-refractivity contribution in [3.63, 3.8) is 0 Å². The molecule has 8 nitrogen and oxygen atoms in total. The number of aliphatic hydroxyl groups excluding tert-OH is 1. The number of carbonyl (C=O) groups excluding carboxylic acids is 1. The van der Waals surface area contributed by atoms with E-state index in [-0.39, 0.29) is 36.4 Å². The fourth-order valence-corrected chi connectivity index (χ4v) is 6.08. The van der Waals surface area contributed by atoms with Crippen molar-refractivity contribution in [3.8, 4) is 11.5 Å². The van der Waals surface area contributed by atoms with Crippen LogP contribution in [0.5, 0.6) is 11.5 Å². The lowest BCUT2D eigenvalue weighted by Gasteiger charge is -2.18. The quantitative estimate of drug-likeness (QED) is 0.163. The van der Waals surface area contributed by atoms with Crippen molar-refractivity contribution in [2.45, 2.75) is 35.4 Å². The van der Waals surface area contributed by atoms with Gasteiger partial charge in [0, 0.05) is 33.7 Å². The molecule has 206 valence electrons. The average molecular weight is 565 g/mol. The van der Waals surface area contributed by atoms with Gasteiger partial charge in [-0.15, -0.1) is 0 Å². The summed E-state index contributed by atoms with van der Waals surface area (Å²) >= 11 is 1.61. The molecule has 5 aromatic rings. The van der Waals surface area contributed by atoms with Crippen LogP contribution in [0, 0.1) is 0 Å². The third-order valence-corrected chi connectivity index (χ3v) is 8.34. The number of aromatic hydroxyl groups is 1. The first-order valence-corrected chi connectivity index (χ1v) is 14.0. The molecule has 0 fully saturated rings. The van der Waals surface area contributed by atoms with E-state index in [0.717, 1.165) is 31.8 Å². The third kappa shape index (κ3) is 5.41. The number of carbonyl (C=O) groups is 1. The molecule has 9 heteroatoms. The lowest BCUT2D eigenvalue weighted by atomic mass is 10.1. The van der Waals surface area contributed by atoms with Crippen LogP contribution in [0.25, 0.3) is 10.9 Å². The number of ether oxygens (including phenoxy) is 1. The van der Waals surface area contributed by atoms with E-state index in [0.29, 0.717) is 29.4 Å². The number of Topliss-reactive ketones (excluding diaryl/α,β-unsaturated/α-hetero) is 1. The zero-order valence-corrected chi connectivity index (χ0v) is 23.1. The summed E-state index contributed by atoms with van der Waals surface area (Å²) in [6, 6.07) is 26.5. The molecule has 4 aromatic carbocycles. The van der Waals surface area contributed by atoms with Gasteiger partial charge in [-0.3, -0.25) is 4.79 Å². The van der Waals surface area contributed by atoms with Crippen LogP contribution in [0.1, 0.15) is 39.5 Å². The number of anilines is 2. The van der Waals surface area contributed by atoms with E-state index in [4.69, 9.17) is 14.7 Å². The number of aliphatic hydroxyl groups is 1. The minimum absolute atomic E-state index is 0.0131. The smallest absolute Gasteiger partial charge is 0.225 e. The normalized spacial score (nSPS) is 14.2. The summed E-state index contributed by atoms with van der Waals surface area (Å²) in [4.78, 5) is 24.4. The first kappa shape index (κ1) is 26.6. The second-order valence-corrected chi connectivity index (χ2v) is 10.8. The highest BCUT2D eigenvalue weighted by Gasteiger charge is 2.32. The Morgan fingerprint density at radius 2 is 1.66 bits per heavy atom. The minimum Gasteiger partial charge on any atom is -0.504 e. The lowest BCUT2D eigenvalue weighted by molar-refractivity contribution is 0.0990. The van der Waals surface area contributed by atoms with Crippen LogP contribution in [-0.4, -0.2) is 33.1 Å². The van der Waals surface area contributed by atoms with Crippen molar-refractivity contribution in [3.05, 3.63) is 107 Å². The summed E-state index contributed by atoms with van der Waals surface area (Å²) in [7, 11) is 1.46. The molecule has 0 radical (unpaired) electrons. The van der Waals surface area contributed by atoms with Crippen LogP contribution in [0.15, 0.2) is 94.7 Å². The van der Waals surface area contributed by atoms with Gasteiger partial charge in [-0.05, 0) is 53.1 Å². The van der Waals surface area contributed by atoms with Crippen molar-refractivity contribution in [2.24, 2.45) is 0 Å². The van der Waals surface area contributed by atoms with Gasteiger partial charge < -0.3 is 25.6 Å². The number of phenolic OH excluding ortho intramolecular Hbond substituents is 1. The largest absolute Gasteiger partial charge is 0.504 e. The maximum atomic E-state index is 12.8. The van der Waals surface area contributed by atoms with Crippen molar-refractivity contribution >= 4 is 40.2 Å². The van der Waals surface area contributed by atoms with Crippen molar-refractivity contribution in [1.82, 2.24) is 9.97 Å². The first-order chi connectivity index (χ1) is 20.0. The average Bonchev–Trinajstić information content (AvgIpc) is 3.29. The Kier molecular flexibility index (Phi) is 7.45. The number of para-hydroxylation sites is 1. The number of aromatic nitrogens is 2. The highest BCUT2D eigenvalue weighted by Crippen LogP contribution is 2.41. The molecule has 41 heavy (non-hydrogen) atoms. The van der Waals surface area contributed by atoms with Gasteiger partial charge in [-0.1, -0.05) is 60.3 Å². The van der Waals surface area contributed by atoms with Crippen LogP contribution in [0.3, 0.4) is 0 Å². The molecule has 0 bridgehead atoms. The van der Waals surface area contributed by atoms with E-state index in [9.17, 15) is 15.0 Å². The topological polar surface area (TPSA) is 117 Å². The Hall–Kier alpha value is -4.60. The highest BCUT2D eigenvalue weighted by atomic mass is 32.2. The number of hydrogen-bond acceptors (Lipinski definition) is 9. The van der Waals surface area contributed by atoms with Crippen molar-refractivity contribution < 1.29 is 19.7 Å². The van der Waals surface area contributed by atoms with Gasteiger partial charge >= 0.3 is 0 Å². The van der Waals surface area contributed by atoms with Gasteiger partial charge in [0.15, 0.2) is 17.3 Å². The molecule has 0 spiro atoms. The molecular weight excluding hydrogens is 536 g/mol. The Morgan fingerprint density at radius 1 is 0.951 bits per heavy atom. The Balaban J connectivity index is 1.28. The van der Waals surface area contributed by atoms with Gasteiger partial charge in [-0.25, -0.2) is 4.98 Å². The van der Waals surface area contributed by atoms with Gasteiger partial charge in [0.25, 0.3) is 0 Å². The molecule has 0 saturated carbocycles. The van der Waals surface area contributed by atoms with Gasteiger partial charge in [0.1, 0.15) is 5.82 Å². The summed E-state index contributed by atoms with van der Waals surface area (Å²) in [6.45, 7) is 0.467. The van der Waals surface area contributed by atoms with E-state index in [1.165, 1.54) is 7.11 Å². The number of benzene rings is 4. The summed E-state index contributed by atoms with van der Waals surface area (Å²) in [5, 5.41) is 27.8. The predicted molar refractivity (Wildman–Crippen MR) is 160 cm³/mol. The molecule has 1 atom stereocenters. The summed E-state index contributed by atoms with van der Waals surface area (Å²) in [5.41, 5.74) is 3.95. The molecule has 1 aromatic heterocycles. The monoisotopic (exact) mass is 564 g/mol. The minimum atomic E-state index is -0.357. The number of phenols is 1. The number of rotatable bonds is 9. The first-order valence-electron chi connectivity index (χ1n) is 13.2. The van der Waals surface area contributed by atoms with E-state index in [1.54, 1.807) is 23.9 Å². The van der Waals surface area contributed by atoms with E-state index in [1.807, 2.05) is 60.7 Å². The Bertz CT molecular complexity index is 1760. The summed E-state index contributed by atoms with van der Waals surface area (Å²) in [5.74, 6) is 1.28. The molecular formula is C32H28N4O4S. The predicted octanol–water partition coefficient (Wildman–Crippen LogP) is 6.34. The molecule has 1 aliphatic rings. The highest BCUT2D eigenvalue weighted by molar-refractivity contribution is 7.99. The molecule has 0 aliphatic heterocycles. The molecule has 1 aliphatic carbocycles. The third-order valence-electron chi connectivity index (χ3n) is 7.10. The number of hydrogen-bond donors (Lipinski definition) is 4. The fourth-order valence-electron chi connectivity index (χ4n) is 5.02. The second-order valence-electron chi connectivity index (χ2n) is 9.68. The summed E-state index contributed by atoms with van der Waals surface area (Å²) in [6.07, 6.45) is 0.239. The van der Waals surface area contributed by atoms with Gasteiger partial charge in [0.05, 0.1) is 25.3 Å². The van der Waals surface area contributed by atoms with Crippen molar-refractivity contribution in [1.29, 1.82) is 0 Å². The molecule has 1 heterocycles. The molecule has 6 rings (SSSR count).